The van der Waals surface area contributed by atoms with E-state index in [-0.39, 0.29) is 12.5 Å². The van der Waals surface area contributed by atoms with Gasteiger partial charge in [-0.1, -0.05) is 0 Å². The van der Waals surface area contributed by atoms with Crippen molar-refractivity contribution >= 4 is 29.0 Å². The maximum absolute atomic E-state index is 13.0. The number of rotatable bonds is 6. The normalized spacial score (nSPS) is 15.1. The summed E-state index contributed by atoms with van der Waals surface area (Å²) >= 11 is 1.34. The molecule has 0 radical (unpaired) electrons. The van der Waals surface area contributed by atoms with Crippen LogP contribution in [0.1, 0.15) is 35.5 Å². The first-order chi connectivity index (χ1) is 15.1. The number of carbonyl (C=O) groups excluding carboxylic acids is 1. The molecule has 0 bridgehead atoms. The number of nitrogens with zero attached hydrogens (tertiary/aromatic N) is 3. The number of urea groups is 1. The molecule has 0 aliphatic heterocycles. The van der Waals surface area contributed by atoms with Crippen molar-refractivity contribution in [3.05, 3.63) is 52.9 Å². The van der Waals surface area contributed by atoms with E-state index >= 15 is 0 Å². The summed E-state index contributed by atoms with van der Waals surface area (Å²) in [5, 5.41) is 16.4. The first-order valence-electron chi connectivity index (χ1n) is 9.66. The molecule has 0 atom stereocenters. The molecule has 2 aromatic heterocycles. The lowest BCUT2D eigenvalue weighted by Crippen LogP contribution is -2.33. The average molecular weight is 464 g/mol. The Morgan fingerprint density at radius 2 is 2.03 bits per heavy atom. The fourth-order valence-corrected chi connectivity index (χ4v) is 4.30. The predicted molar refractivity (Wildman–Crippen MR) is 112 cm³/mol. The molecule has 4 rings (SSSR count). The first kappa shape index (κ1) is 22.0. The minimum absolute atomic E-state index is 0.108. The Kier molecular flexibility index (Phi) is 5.73. The van der Waals surface area contributed by atoms with E-state index in [4.69, 9.17) is 5.73 Å². The van der Waals surface area contributed by atoms with E-state index in [2.05, 4.69) is 25.6 Å². The van der Waals surface area contributed by atoms with E-state index in [9.17, 15) is 23.1 Å². The van der Waals surface area contributed by atoms with E-state index in [1.165, 1.54) is 11.3 Å². The molecule has 168 valence electrons. The number of amides is 2. The van der Waals surface area contributed by atoms with Gasteiger partial charge in [-0.3, -0.25) is 0 Å². The number of nitrogens with two attached hydrogens (primary N) is 1. The lowest BCUT2D eigenvalue weighted by atomic mass is 9.81. The number of anilines is 2. The number of nitrogens with one attached hydrogen (secondary N) is 2. The number of alkyl halides is 3. The Morgan fingerprint density at radius 3 is 2.69 bits per heavy atom. The van der Waals surface area contributed by atoms with Gasteiger partial charge in [-0.15, -0.1) is 11.3 Å². The van der Waals surface area contributed by atoms with Crippen LogP contribution in [-0.4, -0.2) is 26.1 Å². The largest absolute Gasteiger partial charge is 0.433 e. The topological polar surface area (TPSA) is 126 Å². The van der Waals surface area contributed by atoms with E-state index in [1.54, 1.807) is 24.4 Å². The van der Waals surface area contributed by atoms with Crippen LogP contribution in [0, 0.1) is 0 Å². The molecular formula is C20H19F3N6O2S. The van der Waals surface area contributed by atoms with Gasteiger partial charge in [-0.25, -0.2) is 19.7 Å². The number of hydrogen-bond donors (Lipinski definition) is 4. The van der Waals surface area contributed by atoms with Crippen molar-refractivity contribution in [2.24, 2.45) is 5.73 Å². The van der Waals surface area contributed by atoms with Crippen molar-refractivity contribution in [1.29, 1.82) is 0 Å². The molecule has 1 fully saturated rings. The number of hydrogen-bond acceptors (Lipinski definition) is 7. The standard InChI is InChI=1S/C20H19F3N6O2S/c21-20(22,23)15-2-5-25-18(29-15)28-13-7-11(9-27-17(24)30)6-12(8-13)14-10-26-16(32-14)19(31)3-1-4-19/h2,5-8,10,31H,1,3-4,9H2,(H3,24,27,30)(H,25,28,29). The van der Waals surface area contributed by atoms with Crippen LogP contribution in [0.2, 0.25) is 0 Å². The summed E-state index contributed by atoms with van der Waals surface area (Å²) in [6.07, 6.45) is 0.307. The molecule has 0 spiro atoms. The number of thiazole rings is 1. The Hall–Kier alpha value is -3.25. The smallest absolute Gasteiger partial charge is 0.383 e. The highest BCUT2D eigenvalue weighted by molar-refractivity contribution is 7.15. The SMILES string of the molecule is NC(=O)NCc1cc(Nc2nccc(C(F)(F)F)n2)cc(-c2cnc(C3(O)CCC3)s2)c1. The lowest BCUT2D eigenvalue weighted by Gasteiger charge is -2.34. The van der Waals surface area contributed by atoms with Gasteiger partial charge in [0.05, 0.1) is 4.88 Å². The summed E-state index contributed by atoms with van der Waals surface area (Å²) in [4.78, 5) is 23.6. The monoisotopic (exact) mass is 464 g/mol. The number of carbonyl (C=O) groups is 1. The summed E-state index contributed by atoms with van der Waals surface area (Å²) in [6.45, 7) is 0.108. The molecular weight excluding hydrogens is 445 g/mol. The molecule has 3 aromatic rings. The van der Waals surface area contributed by atoms with Gasteiger partial charge >= 0.3 is 12.2 Å². The number of aliphatic hydroxyl groups is 1. The second-order valence-electron chi connectivity index (χ2n) is 7.44. The minimum atomic E-state index is -4.60. The first-order valence-corrected chi connectivity index (χ1v) is 10.5. The van der Waals surface area contributed by atoms with Gasteiger partial charge in [-0.05, 0) is 54.7 Å². The predicted octanol–water partition coefficient (Wildman–Crippen LogP) is 3.90. The van der Waals surface area contributed by atoms with Crippen molar-refractivity contribution in [2.45, 2.75) is 37.6 Å². The maximum atomic E-state index is 13.0. The lowest BCUT2D eigenvalue weighted by molar-refractivity contribution is -0.141. The second kappa shape index (κ2) is 8.36. The highest BCUT2D eigenvalue weighted by Crippen LogP contribution is 2.44. The van der Waals surface area contributed by atoms with E-state index in [1.807, 2.05) is 0 Å². The molecule has 8 nitrogen and oxygen atoms in total. The van der Waals surface area contributed by atoms with Gasteiger partial charge in [0, 0.05) is 24.6 Å². The Labute approximate surface area is 184 Å². The van der Waals surface area contributed by atoms with Gasteiger partial charge in [0.1, 0.15) is 16.3 Å². The molecule has 12 heteroatoms. The van der Waals surface area contributed by atoms with Crippen LogP contribution in [0.3, 0.4) is 0 Å². The van der Waals surface area contributed by atoms with Gasteiger partial charge in [0.15, 0.2) is 0 Å². The number of halogens is 3. The highest BCUT2D eigenvalue weighted by atomic mass is 32.1. The Balaban J connectivity index is 1.66. The molecule has 5 N–H and O–H groups in total. The van der Waals surface area contributed by atoms with Crippen molar-refractivity contribution in [3.8, 4) is 10.4 Å². The Morgan fingerprint density at radius 1 is 1.25 bits per heavy atom. The second-order valence-corrected chi connectivity index (χ2v) is 8.47. The fourth-order valence-electron chi connectivity index (χ4n) is 3.25. The van der Waals surface area contributed by atoms with E-state index in [0.717, 1.165) is 23.6 Å². The third kappa shape index (κ3) is 4.81. The van der Waals surface area contributed by atoms with Crippen LogP contribution >= 0.6 is 11.3 Å². The molecule has 1 aliphatic carbocycles. The van der Waals surface area contributed by atoms with Crippen LogP contribution in [0.25, 0.3) is 10.4 Å². The van der Waals surface area contributed by atoms with E-state index in [0.29, 0.717) is 34.7 Å². The third-order valence-electron chi connectivity index (χ3n) is 5.03. The zero-order valence-corrected chi connectivity index (χ0v) is 17.4. The molecule has 1 aliphatic rings. The van der Waals surface area contributed by atoms with Crippen LogP contribution in [0.4, 0.5) is 29.6 Å². The summed E-state index contributed by atoms with van der Waals surface area (Å²) in [7, 11) is 0. The Bertz CT molecular complexity index is 1150. The van der Waals surface area contributed by atoms with Gasteiger partial charge in [0.25, 0.3) is 0 Å². The minimum Gasteiger partial charge on any atom is -0.383 e. The maximum Gasteiger partial charge on any atom is 0.433 e. The number of primary amides is 1. The van der Waals surface area contributed by atoms with Gasteiger partial charge in [0.2, 0.25) is 5.95 Å². The van der Waals surface area contributed by atoms with Crippen LogP contribution in [0.15, 0.2) is 36.7 Å². The summed E-state index contributed by atoms with van der Waals surface area (Å²) in [5.41, 5.74) is 4.95. The third-order valence-corrected chi connectivity index (χ3v) is 6.27. The quantitative estimate of drug-likeness (QED) is 0.438. The summed E-state index contributed by atoms with van der Waals surface area (Å²) in [6, 6.07) is 5.23. The zero-order valence-electron chi connectivity index (χ0n) is 16.6. The van der Waals surface area contributed by atoms with Gasteiger partial charge in [-0.2, -0.15) is 13.2 Å². The van der Waals surface area contributed by atoms with Crippen LogP contribution < -0.4 is 16.4 Å². The molecule has 1 aromatic carbocycles. The summed E-state index contributed by atoms with van der Waals surface area (Å²) in [5.74, 6) is -0.223. The van der Waals surface area contributed by atoms with E-state index < -0.39 is 23.5 Å². The fraction of sp³-hybridized carbons (Fsp3) is 0.300. The van der Waals surface area contributed by atoms with Gasteiger partial charge < -0.3 is 21.5 Å². The van der Waals surface area contributed by atoms with Crippen molar-refractivity contribution in [1.82, 2.24) is 20.3 Å². The molecule has 32 heavy (non-hydrogen) atoms. The molecule has 0 saturated heterocycles. The summed E-state index contributed by atoms with van der Waals surface area (Å²) < 4.78 is 38.9. The molecule has 1 saturated carbocycles. The molecule has 2 heterocycles. The van der Waals surface area contributed by atoms with Crippen LogP contribution in [0.5, 0.6) is 0 Å². The number of benzene rings is 1. The van der Waals surface area contributed by atoms with Crippen LogP contribution in [-0.2, 0) is 18.3 Å². The molecule has 0 unspecified atom stereocenters. The highest BCUT2D eigenvalue weighted by Gasteiger charge is 2.39. The van der Waals surface area contributed by atoms with Crippen molar-refractivity contribution < 1.29 is 23.1 Å². The average Bonchev–Trinajstić information content (AvgIpc) is 3.21. The van der Waals surface area contributed by atoms with Crippen molar-refractivity contribution in [2.75, 3.05) is 5.32 Å². The van der Waals surface area contributed by atoms with Crippen molar-refractivity contribution in [3.63, 3.8) is 0 Å². The molecule has 2 amide bonds. The zero-order chi connectivity index (χ0) is 22.9. The number of aromatic nitrogens is 3.